The molecule has 1 aliphatic carbocycles. The van der Waals surface area contributed by atoms with Crippen molar-refractivity contribution in [1.29, 1.82) is 0 Å². The average Bonchev–Trinajstić information content (AvgIpc) is 3.34. The summed E-state index contributed by atoms with van der Waals surface area (Å²) in [5, 5.41) is 9.82. The smallest absolute Gasteiger partial charge is 0.271 e. The lowest BCUT2D eigenvalue weighted by Crippen LogP contribution is -2.27. The number of nitrogens with one attached hydrogen (secondary N) is 1. The van der Waals surface area contributed by atoms with Crippen LogP contribution in [0.15, 0.2) is 28.1 Å². The monoisotopic (exact) mass is 354 g/mol. The summed E-state index contributed by atoms with van der Waals surface area (Å²) in [4.78, 5) is 21.0. The van der Waals surface area contributed by atoms with E-state index in [1.807, 2.05) is 19.9 Å². The number of thiazole rings is 1. The van der Waals surface area contributed by atoms with Crippen LogP contribution in [-0.2, 0) is 12.8 Å². The van der Waals surface area contributed by atoms with E-state index in [1.165, 1.54) is 16.9 Å². The zero-order chi connectivity index (χ0) is 17.4. The number of fused-ring (bicyclic) bond motifs is 1. The van der Waals surface area contributed by atoms with Gasteiger partial charge in [-0.15, -0.1) is 11.3 Å². The number of amides is 1. The first-order valence-electron chi connectivity index (χ1n) is 8.33. The Morgan fingerprint density at radius 2 is 2.28 bits per heavy atom. The first-order chi connectivity index (χ1) is 12.1. The molecule has 0 saturated carbocycles. The van der Waals surface area contributed by atoms with Gasteiger partial charge in [0.1, 0.15) is 5.69 Å². The summed E-state index contributed by atoms with van der Waals surface area (Å²) < 4.78 is 5.19. The van der Waals surface area contributed by atoms with Gasteiger partial charge in [-0.25, -0.2) is 4.98 Å². The normalized spacial score (nSPS) is 16.0. The van der Waals surface area contributed by atoms with Gasteiger partial charge in [-0.1, -0.05) is 24.2 Å². The summed E-state index contributed by atoms with van der Waals surface area (Å²) in [5.41, 5.74) is 3.82. The zero-order valence-corrected chi connectivity index (χ0v) is 14.9. The molecule has 0 aliphatic heterocycles. The number of aryl methyl sites for hydroxylation is 3. The van der Waals surface area contributed by atoms with Crippen molar-refractivity contribution in [3.63, 3.8) is 0 Å². The van der Waals surface area contributed by atoms with E-state index in [-0.39, 0.29) is 11.9 Å². The molecule has 1 atom stereocenters. The fourth-order valence-electron chi connectivity index (χ4n) is 3.12. The number of rotatable bonds is 4. The molecule has 1 amide bonds. The molecule has 0 radical (unpaired) electrons. The Hall–Kier alpha value is -2.54. The van der Waals surface area contributed by atoms with Crippen LogP contribution in [0.3, 0.4) is 0 Å². The van der Waals surface area contributed by atoms with Crippen molar-refractivity contribution in [2.24, 2.45) is 0 Å². The zero-order valence-electron chi connectivity index (χ0n) is 14.1. The van der Waals surface area contributed by atoms with Gasteiger partial charge in [-0.2, -0.15) is 4.98 Å². The molecule has 6 nitrogen and oxygen atoms in total. The second-order valence-electron chi connectivity index (χ2n) is 6.10. The first kappa shape index (κ1) is 16.0. The van der Waals surface area contributed by atoms with E-state index >= 15 is 0 Å². The van der Waals surface area contributed by atoms with E-state index in [0.717, 1.165) is 35.4 Å². The quantitative estimate of drug-likeness (QED) is 0.776. The van der Waals surface area contributed by atoms with Crippen molar-refractivity contribution >= 4 is 17.2 Å². The van der Waals surface area contributed by atoms with Gasteiger partial charge in [0.05, 0.1) is 11.0 Å². The third kappa shape index (κ3) is 3.07. The summed E-state index contributed by atoms with van der Waals surface area (Å²) in [6.45, 7) is 3.88. The summed E-state index contributed by atoms with van der Waals surface area (Å²) in [7, 11) is 0. The summed E-state index contributed by atoms with van der Waals surface area (Å²) in [5.74, 6) is 1.14. The molecular weight excluding hydrogens is 336 g/mol. The molecule has 3 aromatic rings. The summed E-state index contributed by atoms with van der Waals surface area (Å²) in [6.07, 6.45) is 2.53. The fourth-order valence-corrected chi connectivity index (χ4v) is 3.72. The molecule has 128 valence electrons. The van der Waals surface area contributed by atoms with Gasteiger partial charge in [-0.3, -0.25) is 4.79 Å². The number of carbonyl (C=O) groups is 1. The highest BCUT2D eigenvalue weighted by atomic mass is 32.1. The van der Waals surface area contributed by atoms with Crippen LogP contribution in [-0.4, -0.2) is 21.0 Å². The number of hydrogen-bond acceptors (Lipinski definition) is 6. The third-order valence-corrected chi connectivity index (χ3v) is 5.18. The van der Waals surface area contributed by atoms with Crippen LogP contribution in [0.4, 0.5) is 0 Å². The number of benzene rings is 1. The largest absolute Gasteiger partial charge is 0.344 e. The van der Waals surface area contributed by atoms with Crippen LogP contribution in [0.2, 0.25) is 0 Å². The molecule has 4 rings (SSSR count). The average molecular weight is 354 g/mol. The Morgan fingerprint density at radius 3 is 3.00 bits per heavy atom. The summed E-state index contributed by atoms with van der Waals surface area (Å²) in [6, 6.07) is 6.16. The van der Waals surface area contributed by atoms with Gasteiger partial charge in [-0.05, 0) is 37.0 Å². The Labute approximate surface area is 149 Å². The van der Waals surface area contributed by atoms with Gasteiger partial charge in [0, 0.05) is 17.4 Å². The molecule has 25 heavy (non-hydrogen) atoms. The molecule has 0 bridgehead atoms. The molecule has 2 heterocycles. The maximum absolute atomic E-state index is 12.3. The molecule has 0 unspecified atom stereocenters. The number of aromatic nitrogens is 3. The van der Waals surface area contributed by atoms with E-state index in [1.54, 1.807) is 5.38 Å². The molecule has 2 aromatic heterocycles. The number of nitrogens with zero attached hydrogens (tertiary/aromatic N) is 3. The molecule has 0 saturated heterocycles. The Bertz CT molecular complexity index is 931. The second kappa shape index (κ2) is 6.40. The van der Waals surface area contributed by atoms with Crippen LogP contribution in [0.1, 0.15) is 51.9 Å². The highest BCUT2D eigenvalue weighted by Crippen LogP contribution is 2.34. The predicted molar refractivity (Wildman–Crippen MR) is 94.5 cm³/mol. The molecule has 1 aliphatic rings. The van der Waals surface area contributed by atoms with Crippen LogP contribution in [0.5, 0.6) is 0 Å². The van der Waals surface area contributed by atoms with Crippen LogP contribution in [0.25, 0.3) is 11.4 Å². The minimum atomic E-state index is -0.114. The van der Waals surface area contributed by atoms with Gasteiger partial charge in [0.25, 0.3) is 5.91 Å². The van der Waals surface area contributed by atoms with Crippen molar-refractivity contribution in [1.82, 2.24) is 20.4 Å². The van der Waals surface area contributed by atoms with Crippen molar-refractivity contribution in [2.45, 2.75) is 39.2 Å². The SMILES string of the molecule is CCc1nc(-c2ccc3c(c2)CC[C@H]3NC(=O)c2csc(C)n2)no1. The highest BCUT2D eigenvalue weighted by Gasteiger charge is 2.25. The van der Waals surface area contributed by atoms with Crippen LogP contribution < -0.4 is 5.32 Å². The lowest BCUT2D eigenvalue weighted by atomic mass is 10.0. The van der Waals surface area contributed by atoms with E-state index in [0.29, 0.717) is 17.4 Å². The van der Waals surface area contributed by atoms with Gasteiger partial charge in [0.2, 0.25) is 11.7 Å². The van der Waals surface area contributed by atoms with E-state index in [2.05, 4.69) is 32.6 Å². The fraction of sp³-hybridized carbons (Fsp3) is 0.333. The minimum absolute atomic E-state index is 0.0232. The highest BCUT2D eigenvalue weighted by molar-refractivity contribution is 7.09. The Kier molecular flexibility index (Phi) is 4.09. The topological polar surface area (TPSA) is 80.9 Å². The lowest BCUT2D eigenvalue weighted by Gasteiger charge is -2.13. The predicted octanol–water partition coefficient (Wildman–Crippen LogP) is 3.48. The molecule has 1 aromatic carbocycles. The molecule has 7 heteroatoms. The van der Waals surface area contributed by atoms with Crippen LogP contribution in [0, 0.1) is 6.92 Å². The second-order valence-corrected chi connectivity index (χ2v) is 7.16. The van der Waals surface area contributed by atoms with Crippen molar-refractivity contribution < 1.29 is 9.32 Å². The minimum Gasteiger partial charge on any atom is -0.344 e. The van der Waals surface area contributed by atoms with Gasteiger partial charge < -0.3 is 9.84 Å². The molecule has 0 spiro atoms. The summed E-state index contributed by atoms with van der Waals surface area (Å²) >= 11 is 1.48. The number of carbonyl (C=O) groups excluding carboxylic acids is 1. The molecule has 0 fully saturated rings. The first-order valence-corrected chi connectivity index (χ1v) is 9.20. The van der Waals surface area contributed by atoms with Crippen molar-refractivity contribution in [2.75, 3.05) is 0 Å². The number of hydrogen-bond donors (Lipinski definition) is 1. The van der Waals surface area contributed by atoms with Crippen molar-refractivity contribution in [3.8, 4) is 11.4 Å². The standard InChI is InChI=1S/C18H18N4O2S/c1-3-16-21-17(22-24-16)12-4-6-13-11(8-12)5-7-14(13)20-18(23)15-9-25-10(2)19-15/h4,6,8-9,14H,3,5,7H2,1-2H3,(H,20,23)/t14-/m1/s1. The lowest BCUT2D eigenvalue weighted by molar-refractivity contribution is 0.0932. The van der Waals surface area contributed by atoms with E-state index in [9.17, 15) is 4.79 Å². The Morgan fingerprint density at radius 1 is 1.40 bits per heavy atom. The van der Waals surface area contributed by atoms with Gasteiger partial charge in [0.15, 0.2) is 0 Å². The third-order valence-electron chi connectivity index (χ3n) is 4.41. The molecular formula is C18H18N4O2S. The van der Waals surface area contributed by atoms with Crippen molar-refractivity contribution in [3.05, 3.63) is 51.3 Å². The van der Waals surface area contributed by atoms with Gasteiger partial charge >= 0.3 is 0 Å². The van der Waals surface area contributed by atoms with E-state index in [4.69, 9.17) is 4.52 Å². The van der Waals surface area contributed by atoms with E-state index < -0.39 is 0 Å². The molecule has 1 N–H and O–H groups in total. The maximum Gasteiger partial charge on any atom is 0.271 e. The Balaban J connectivity index is 1.54. The van der Waals surface area contributed by atoms with Crippen LogP contribution >= 0.6 is 11.3 Å². The maximum atomic E-state index is 12.3.